The SMILES string of the molecule is Cn1ccnc1CN1Cc2cc3c(cc2C[C@H]1C(=O)N[C@@H](Cc1ccc(-c2ccc(C#N)cc2)cc1)C(=O)O)NC(=O)C(c1ccc(OCc2ccc(Cl)c(Cl)c2)cc1)O3. The van der Waals surface area contributed by atoms with Crippen LogP contribution in [0.5, 0.6) is 11.5 Å². The van der Waals surface area contributed by atoms with Crippen molar-refractivity contribution in [1.82, 2.24) is 19.8 Å². The summed E-state index contributed by atoms with van der Waals surface area (Å²) in [7, 11) is 1.88. The van der Waals surface area contributed by atoms with Crippen LogP contribution < -0.4 is 20.1 Å². The molecule has 2 amide bonds. The van der Waals surface area contributed by atoms with Crippen LogP contribution in [0.1, 0.15) is 45.3 Å². The lowest BCUT2D eigenvalue weighted by molar-refractivity contribution is -0.143. The van der Waals surface area contributed by atoms with E-state index in [0.29, 0.717) is 51.4 Å². The molecule has 0 aliphatic carbocycles. The number of benzene rings is 5. The number of halogens is 2. The summed E-state index contributed by atoms with van der Waals surface area (Å²) in [6.07, 6.45) is 2.94. The van der Waals surface area contributed by atoms with Crippen LogP contribution in [-0.4, -0.2) is 49.4 Å². The van der Waals surface area contributed by atoms with Crippen molar-refractivity contribution >= 4 is 46.7 Å². The maximum atomic E-state index is 14.2. The second-order valence-corrected chi connectivity index (χ2v) is 15.6. The number of hydrogen-bond donors (Lipinski definition) is 3. The number of fused-ring (bicyclic) bond motifs is 2. The molecule has 3 heterocycles. The number of carboxylic acid groups (broad SMARTS) is 1. The number of carbonyl (C=O) groups excluding carboxylic acids is 2. The third-order valence-corrected chi connectivity index (χ3v) is 11.5. The molecular weight excluding hydrogens is 803 g/mol. The lowest BCUT2D eigenvalue weighted by Gasteiger charge is -2.37. The number of aromatic nitrogens is 2. The van der Waals surface area contributed by atoms with Gasteiger partial charge >= 0.3 is 5.97 Å². The molecular formula is C46H38Cl2N6O6. The number of anilines is 1. The molecule has 6 aromatic rings. The predicted octanol–water partition coefficient (Wildman–Crippen LogP) is 7.66. The quantitative estimate of drug-likeness (QED) is 0.113. The zero-order valence-electron chi connectivity index (χ0n) is 32.3. The van der Waals surface area contributed by atoms with Gasteiger partial charge in [0.1, 0.15) is 30.0 Å². The molecule has 2 aliphatic rings. The number of rotatable bonds is 12. The van der Waals surface area contributed by atoms with Crippen LogP contribution in [0.25, 0.3) is 11.1 Å². The summed E-state index contributed by atoms with van der Waals surface area (Å²) in [6, 6.07) is 31.0. The van der Waals surface area contributed by atoms with Gasteiger partial charge in [-0.2, -0.15) is 5.26 Å². The Kier molecular flexibility index (Phi) is 11.6. The van der Waals surface area contributed by atoms with Crippen LogP contribution in [-0.2, 0) is 54.0 Å². The molecule has 5 aromatic carbocycles. The zero-order valence-corrected chi connectivity index (χ0v) is 33.8. The Hall–Kier alpha value is -6.65. The molecule has 0 saturated heterocycles. The summed E-state index contributed by atoms with van der Waals surface area (Å²) in [5.74, 6) is -0.0955. The molecule has 2 aliphatic heterocycles. The van der Waals surface area contributed by atoms with E-state index in [1.54, 1.807) is 54.7 Å². The summed E-state index contributed by atoms with van der Waals surface area (Å²) in [4.78, 5) is 46.6. The van der Waals surface area contributed by atoms with E-state index in [1.165, 1.54) is 0 Å². The smallest absolute Gasteiger partial charge is 0.326 e. The van der Waals surface area contributed by atoms with Gasteiger partial charge in [0, 0.05) is 38.0 Å². The molecule has 60 heavy (non-hydrogen) atoms. The summed E-state index contributed by atoms with van der Waals surface area (Å²) >= 11 is 12.2. The van der Waals surface area contributed by atoms with Gasteiger partial charge in [0.05, 0.1) is 40.0 Å². The lowest BCUT2D eigenvalue weighted by atomic mass is 9.91. The van der Waals surface area contributed by atoms with Crippen LogP contribution >= 0.6 is 23.2 Å². The van der Waals surface area contributed by atoms with Crippen LogP contribution in [0.15, 0.2) is 116 Å². The highest BCUT2D eigenvalue weighted by molar-refractivity contribution is 6.42. The molecule has 1 aromatic heterocycles. The fourth-order valence-corrected chi connectivity index (χ4v) is 7.75. The summed E-state index contributed by atoms with van der Waals surface area (Å²) in [5.41, 5.74) is 6.88. The molecule has 0 bridgehead atoms. The second kappa shape index (κ2) is 17.3. The van der Waals surface area contributed by atoms with Crippen molar-refractivity contribution in [3.05, 3.63) is 165 Å². The summed E-state index contributed by atoms with van der Waals surface area (Å²) < 4.78 is 14.1. The number of ether oxygens (including phenoxy) is 2. The molecule has 0 spiro atoms. The first-order chi connectivity index (χ1) is 29.0. The van der Waals surface area contributed by atoms with E-state index in [2.05, 4.69) is 21.7 Å². The van der Waals surface area contributed by atoms with E-state index in [9.17, 15) is 19.5 Å². The molecule has 8 rings (SSSR count). The number of carbonyl (C=O) groups is 3. The van der Waals surface area contributed by atoms with Gasteiger partial charge in [-0.1, -0.05) is 77.8 Å². The van der Waals surface area contributed by atoms with Gasteiger partial charge in [0.15, 0.2) is 0 Å². The van der Waals surface area contributed by atoms with Crippen LogP contribution in [0.4, 0.5) is 5.69 Å². The minimum absolute atomic E-state index is 0.0733. The first kappa shape index (κ1) is 40.1. The van der Waals surface area contributed by atoms with Gasteiger partial charge < -0.3 is 29.8 Å². The highest BCUT2D eigenvalue weighted by Crippen LogP contribution is 2.40. The zero-order chi connectivity index (χ0) is 41.9. The van der Waals surface area contributed by atoms with E-state index in [4.69, 9.17) is 37.9 Å². The van der Waals surface area contributed by atoms with Crippen molar-refractivity contribution in [2.75, 3.05) is 5.32 Å². The number of aliphatic carboxylic acids is 1. The molecule has 0 fully saturated rings. The lowest BCUT2D eigenvalue weighted by Crippen LogP contribution is -2.54. The maximum Gasteiger partial charge on any atom is 0.326 e. The molecule has 0 saturated carbocycles. The number of imidazole rings is 1. The van der Waals surface area contributed by atoms with E-state index >= 15 is 0 Å². The maximum absolute atomic E-state index is 14.2. The molecule has 3 atom stereocenters. The Morgan fingerprint density at radius 1 is 0.967 bits per heavy atom. The van der Waals surface area contributed by atoms with Crippen molar-refractivity contribution in [3.8, 4) is 28.7 Å². The number of carboxylic acids is 1. The van der Waals surface area contributed by atoms with Gasteiger partial charge in [-0.15, -0.1) is 0 Å². The second-order valence-electron chi connectivity index (χ2n) is 14.8. The number of nitriles is 1. The van der Waals surface area contributed by atoms with E-state index in [0.717, 1.165) is 39.2 Å². The monoisotopic (exact) mass is 840 g/mol. The standard InChI is InChI=1S/C46H38Cl2N6O6/c1-53-17-16-50-42(53)25-54-24-34-22-41-38(51-45(56)43(60-41)32-11-13-35(14-12-32)59-26-29-6-15-36(47)37(48)18-29)20-33(34)21-40(54)44(55)52-39(46(57)58)19-27-2-7-30(8-3-27)31-9-4-28(23-49)5-10-31/h2-18,20,22,39-40,43H,19,21,24-26H2,1H3,(H,51,56)(H,52,55)(H,57,58)/t39-,40-,43?/m0/s1. The largest absolute Gasteiger partial charge is 0.489 e. The van der Waals surface area contributed by atoms with E-state index in [1.807, 2.05) is 77.3 Å². The average Bonchev–Trinajstić information content (AvgIpc) is 3.66. The normalized spacial score (nSPS) is 16.3. The van der Waals surface area contributed by atoms with E-state index < -0.39 is 30.1 Å². The Morgan fingerprint density at radius 2 is 1.68 bits per heavy atom. The van der Waals surface area contributed by atoms with Crippen LogP contribution in [0, 0.1) is 11.3 Å². The third kappa shape index (κ3) is 8.84. The molecule has 0 radical (unpaired) electrons. The molecule has 3 N–H and O–H groups in total. The average molecular weight is 842 g/mol. The minimum atomic E-state index is -1.19. The van der Waals surface area contributed by atoms with Crippen molar-refractivity contribution in [2.45, 2.75) is 50.7 Å². The first-order valence-electron chi connectivity index (χ1n) is 19.1. The highest BCUT2D eigenvalue weighted by atomic mass is 35.5. The molecule has 14 heteroatoms. The van der Waals surface area contributed by atoms with Crippen molar-refractivity contribution in [1.29, 1.82) is 5.26 Å². The Morgan fingerprint density at radius 3 is 2.35 bits per heavy atom. The number of amides is 2. The van der Waals surface area contributed by atoms with Crippen molar-refractivity contribution in [2.24, 2.45) is 7.05 Å². The van der Waals surface area contributed by atoms with Gasteiger partial charge in [-0.25, -0.2) is 9.78 Å². The number of aryl methyl sites for hydroxylation is 1. The van der Waals surface area contributed by atoms with E-state index in [-0.39, 0.29) is 25.4 Å². The highest BCUT2D eigenvalue weighted by Gasteiger charge is 2.37. The first-order valence-corrected chi connectivity index (χ1v) is 19.9. The van der Waals surface area contributed by atoms with Gasteiger partial charge in [0.25, 0.3) is 5.91 Å². The number of nitrogens with zero attached hydrogens (tertiary/aromatic N) is 4. The predicted molar refractivity (Wildman–Crippen MR) is 225 cm³/mol. The fraction of sp³-hybridized carbons (Fsp3) is 0.196. The summed E-state index contributed by atoms with van der Waals surface area (Å²) in [5, 5.41) is 26.1. The van der Waals surface area contributed by atoms with Crippen molar-refractivity contribution < 1.29 is 29.0 Å². The number of nitrogens with one attached hydrogen (secondary N) is 2. The molecule has 1 unspecified atom stereocenters. The van der Waals surface area contributed by atoms with Gasteiger partial charge in [-0.05, 0) is 88.3 Å². The Balaban J connectivity index is 0.974. The topological polar surface area (TPSA) is 159 Å². The number of hydrogen-bond acceptors (Lipinski definition) is 8. The Bertz CT molecular complexity index is 2620. The van der Waals surface area contributed by atoms with Gasteiger partial charge in [-0.3, -0.25) is 14.5 Å². The Labute approximate surface area is 355 Å². The third-order valence-electron chi connectivity index (χ3n) is 10.8. The van der Waals surface area contributed by atoms with Crippen molar-refractivity contribution in [3.63, 3.8) is 0 Å². The molecule has 12 nitrogen and oxygen atoms in total. The van der Waals surface area contributed by atoms with Crippen LogP contribution in [0.3, 0.4) is 0 Å². The van der Waals surface area contributed by atoms with Crippen LogP contribution in [0.2, 0.25) is 10.0 Å². The fourth-order valence-electron chi connectivity index (χ4n) is 7.43. The summed E-state index contributed by atoms with van der Waals surface area (Å²) in [6.45, 7) is 0.952. The van der Waals surface area contributed by atoms with Gasteiger partial charge in [0.2, 0.25) is 12.0 Å². The minimum Gasteiger partial charge on any atom is -0.489 e. The molecule has 302 valence electrons.